The summed E-state index contributed by atoms with van der Waals surface area (Å²) in [7, 11) is 0. The Morgan fingerprint density at radius 2 is 2.00 bits per heavy atom. The lowest BCUT2D eigenvalue weighted by atomic mass is 9.93. The Balaban J connectivity index is 0.00000196. The summed E-state index contributed by atoms with van der Waals surface area (Å²) in [6.07, 6.45) is 5.35. The maximum atomic E-state index is 13.3. The first-order valence-corrected chi connectivity index (χ1v) is 9.05. The predicted molar refractivity (Wildman–Crippen MR) is 112 cm³/mol. The van der Waals surface area contributed by atoms with Gasteiger partial charge in [-0.3, -0.25) is 4.79 Å². The highest BCUT2D eigenvalue weighted by atomic mass is 35.5. The molecule has 8 heteroatoms. The fourth-order valence-corrected chi connectivity index (χ4v) is 3.08. The molecular weight excluding hydrogens is 404 g/mol. The third kappa shape index (κ3) is 7.62. The second-order valence-corrected chi connectivity index (χ2v) is 6.54. The van der Waals surface area contributed by atoms with Crippen molar-refractivity contribution in [2.75, 3.05) is 13.1 Å². The van der Waals surface area contributed by atoms with E-state index in [9.17, 15) is 9.18 Å². The number of benzene rings is 1. The first-order chi connectivity index (χ1) is 12.7. The number of pyridine rings is 1. The molecule has 0 saturated carbocycles. The fraction of sp³-hybridized carbons (Fsp3) is 0.400. The minimum atomic E-state index is -0.369. The minimum absolute atomic E-state index is 0. The van der Waals surface area contributed by atoms with E-state index in [0.717, 1.165) is 37.9 Å². The average Bonchev–Trinajstić information content (AvgIpc) is 2.66. The van der Waals surface area contributed by atoms with Gasteiger partial charge in [0.2, 0.25) is 11.8 Å². The fourth-order valence-electron chi connectivity index (χ4n) is 3.08. The van der Waals surface area contributed by atoms with Crippen molar-refractivity contribution in [2.24, 2.45) is 5.92 Å². The molecule has 0 aliphatic carbocycles. The lowest BCUT2D eigenvalue weighted by Gasteiger charge is -2.22. The van der Waals surface area contributed by atoms with Crippen molar-refractivity contribution in [1.29, 1.82) is 0 Å². The quantitative estimate of drug-likeness (QED) is 0.690. The van der Waals surface area contributed by atoms with Gasteiger partial charge in [0.05, 0.1) is 0 Å². The summed E-state index contributed by atoms with van der Waals surface area (Å²) in [4.78, 5) is 16.3. The molecular formula is C20H26Cl2FN3O2. The number of nitrogens with zero attached hydrogens (tertiary/aromatic N) is 1. The summed E-state index contributed by atoms with van der Waals surface area (Å²) in [5, 5.41) is 6.26. The van der Waals surface area contributed by atoms with E-state index in [0.29, 0.717) is 30.5 Å². The highest BCUT2D eigenvalue weighted by Gasteiger charge is 2.15. The van der Waals surface area contributed by atoms with Crippen molar-refractivity contribution in [3.8, 4) is 11.6 Å². The SMILES string of the molecule is Cl.Cl.O=C(CCC1CCNCC1)NCc1cccnc1Oc1cccc(F)c1. The third-order valence-electron chi connectivity index (χ3n) is 4.57. The molecule has 1 aliphatic heterocycles. The molecule has 1 saturated heterocycles. The molecule has 2 N–H and O–H groups in total. The zero-order valence-corrected chi connectivity index (χ0v) is 17.2. The van der Waals surface area contributed by atoms with Crippen LogP contribution in [-0.4, -0.2) is 24.0 Å². The predicted octanol–water partition coefficient (Wildman–Crippen LogP) is 4.25. The summed E-state index contributed by atoms with van der Waals surface area (Å²) in [6.45, 7) is 2.43. The van der Waals surface area contributed by atoms with Gasteiger partial charge >= 0.3 is 0 Å². The van der Waals surface area contributed by atoms with Crippen LogP contribution in [0.25, 0.3) is 0 Å². The molecule has 1 aliphatic rings. The summed E-state index contributed by atoms with van der Waals surface area (Å²) >= 11 is 0. The molecule has 1 aromatic carbocycles. The number of amides is 1. The maximum absolute atomic E-state index is 13.3. The van der Waals surface area contributed by atoms with E-state index < -0.39 is 0 Å². The van der Waals surface area contributed by atoms with E-state index in [4.69, 9.17) is 4.74 Å². The van der Waals surface area contributed by atoms with Crippen LogP contribution < -0.4 is 15.4 Å². The molecule has 1 amide bonds. The summed E-state index contributed by atoms with van der Waals surface area (Å²) in [5.74, 6) is 1.04. The monoisotopic (exact) mass is 429 g/mol. The van der Waals surface area contributed by atoms with E-state index >= 15 is 0 Å². The van der Waals surface area contributed by atoms with Gasteiger partial charge in [-0.1, -0.05) is 12.1 Å². The van der Waals surface area contributed by atoms with Crippen molar-refractivity contribution in [1.82, 2.24) is 15.6 Å². The van der Waals surface area contributed by atoms with E-state index in [1.165, 1.54) is 12.1 Å². The normalized spacial score (nSPS) is 13.8. The van der Waals surface area contributed by atoms with Gasteiger partial charge in [-0.25, -0.2) is 9.37 Å². The van der Waals surface area contributed by atoms with Crippen LogP contribution in [0.4, 0.5) is 4.39 Å². The molecule has 28 heavy (non-hydrogen) atoms. The third-order valence-corrected chi connectivity index (χ3v) is 4.57. The number of piperidine rings is 1. The summed E-state index contributed by atoms with van der Waals surface area (Å²) in [6, 6.07) is 9.53. The van der Waals surface area contributed by atoms with Gasteiger partial charge in [0.25, 0.3) is 0 Å². The van der Waals surface area contributed by atoms with Crippen LogP contribution >= 0.6 is 24.8 Å². The lowest BCUT2D eigenvalue weighted by molar-refractivity contribution is -0.121. The second kappa shape index (κ2) is 12.5. The summed E-state index contributed by atoms with van der Waals surface area (Å²) < 4.78 is 19.0. The van der Waals surface area contributed by atoms with Crippen molar-refractivity contribution in [3.63, 3.8) is 0 Å². The molecule has 2 heterocycles. The van der Waals surface area contributed by atoms with E-state index in [1.807, 2.05) is 6.07 Å². The number of carbonyl (C=O) groups excluding carboxylic acids is 1. The topological polar surface area (TPSA) is 63.2 Å². The first kappa shape index (κ1) is 24.1. The Labute approximate surface area is 177 Å². The Morgan fingerprint density at radius 3 is 2.75 bits per heavy atom. The maximum Gasteiger partial charge on any atom is 0.224 e. The van der Waals surface area contributed by atoms with Crippen molar-refractivity contribution in [2.45, 2.75) is 32.2 Å². The zero-order valence-electron chi connectivity index (χ0n) is 15.5. The van der Waals surface area contributed by atoms with Crippen LogP contribution in [0.5, 0.6) is 11.6 Å². The van der Waals surface area contributed by atoms with Crippen molar-refractivity contribution >= 4 is 30.7 Å². The molecule has 1 fully saturated rings. The van der Waals surface area contributed by atoms with Crippen LogP contribution in [0.2, 0.25) is 0 Å². The van der Waals surface area contributed by atoms with E-state index in [2.05, 4.69) is 15.6 Å². The first-order valence-electron chi connectivity index (χ1n) is 9.05. The molecule has 0 bridgehead atoms. The molecule has 0 unspecified atom stereocenters. The number of ether oxygens (including phenoxy) is 1. The van der Waals surface area contributed by atoms with Crippen molar-refractivity contribution in [3.05, 3.63) is 54.0 Å². The number of hydrogen-bond donors (Lipinski definition) is 2. The number of hydrogen-bond acceptors (Lipinski definition) is 4. The van der Waals surface area contributed by atoms with Gasteiger partial charge in [-0.05, 0) is 56.5 Å². The Hall–Kier alpha value is -1.89. The Bertz CT molecular complexity index is 743. The lowest BCUT2D eigenvalue weighted by Crippen LogP contribution is -2.29. The number of carbonyl (C=O) groups is 1. The zero-order chi connectivity index (χ0) is 18.2. The number of rotatable bonds is 7. The van der Waals surface area contributed by atoms with Gasteiger partial charge in [0.15, 0.2) is 0 Å². The van der Waals surface area contributed by atoms with Crippen LogP contribution in [0.1, 0.15) is 31.2 Å². The largest absolute Gasteiger partial charge is 0.439 e. The number of aromatic nitrogens is 1. The molecule has 154 valence electrons. The molecule has 3 rings (SSSR count). The van der Waals surface area contributed by atoms with Gasteiger partial charge in [0, 0.05) is 30.8 Å². The molecule has 0 radical (unpaired) electrons. The van der Waals surface area contributed by atoms with Crippen LogP contribution in [-0.2, 0) is 11.3 Å². The summed E-state index contributed by atoms with van der Waals surface area (Å²) in [5.41, 5.74) is 0.756. The molecule has 0 atom stereocenters. The number of halogens is 3. The van der Waals surface area contributed by atoms with Gasteiger partial charge in [-0.2, -0.15) is 0 Å². The Morgan fingerprint density at radius 1 is 1.21 bits per heavy atom. The molecule has 0 spiro atoms. The van der Waals surface area contributed by atoms with E-state index in [1.54, 1.807) is 24.4 Å². The van der Waals surface area contributed by atoms with Crippen LogP contribution in [0.3, 0.4) is 0 Å². The smallest absolute Gasteiger partial charge is 0.224 e. The second-order valence-electron chi connectivity index (χ2n) is 6.54. The van der Waals surface area contributed by atoms with Crippen LogP contribution in [0, 0.1) is 11.7 Å². The molecule has 5 nitrogen and oxygen atoms in total. The van der Waals surface area contributed by atoms with E-state index in [-0.39, 0.29) is 36.5 Å². The van der Waals surface area contributed by atoms with Gasteiger partial charge in [-0.15, -0.1) is 24.8 Å². The standard InChI is InChI=1S/C20H24FN3O2.2ClH/c21-17-4-1-5-18(13-17)26-20-16(3-2-10-23-20)14-24-19(25)7-6-15-8-11-22-12-9-15;;/h1-5,10,13,15,22H,6-9,11-12,14H2,(H,24,25);2*1H. The van der Waals surface area contributed by atoms with Crippen molar-refractivity contribution < 1.29 is 13.9 Å². The highest BCUT2D eigenvalue weighted by molar-refractivity contribution is 5.85. The van der Waals surface area contributed by atoms with Crippen LogP contribution in [0.15, 0.2) is 42.6 Å². The molecule has 2 aromatic rings. The highest BCUT2D eigenvalue weighted by Crippen LogP contribution is 2.23. The molecule has 1 aromatic heterocycles. The minimum Gasteiger partial charge on any atom is -0.439 e. The Kier molecular flexibility index (Phi) is 10.8. The average molecular weight is 430 g/mol. The number of nitrogens with one attached hydrogen (secondary N) is 2. The van der Waals surface area contributed by atoms with Gasteiger partial charge in [0.1, 0.15) is 11.6 Å². The van der Waals surface area contributed by atoms with Gasteiger partial charge < -0.3 is 15.4 Å².